The summed E-state index contributed by atoms with van der Waals surface area (Å²) in [4.78, 5) is 14.5. The van der Waals surface area contributed by atoms with Gasteiger partial charge in [-0.25, -0.2) is 0 Å². The van der Waals surface area contributed by atoms with Gasteiger partial charge in [0.05, 0.1) is 25.2 Å². The van der Waals surface area contributed by atoms with E-state index in [4.69, 9.17) is 9.47 Å². The fourth-order valence-electron chi connectivity index (χ4n) is 1.80. The molecule has 0 saturated heterocycles. The minimum atomic E-state index is -0.298. The molecule has 1 heterocycles. The van der Waals surface area contributed by atoms with Crippen LogP contribution < -0.4 is 5.43 Å². The summed E-state index contributed by atoms with van der Waals surface area (Å²) in [6, 6.07) is 1.91. The first-order valence-electron chi connectivity index (χ1n) is 8.32. The molecule has 1 rings (SSSR count). The van der Waals surface area contributed by atoms with E-state index >= 15 is 0 Å². The Balaban J connectivity index is 2.81. The quantitative estimate of drug-likeness (QED) is 0.302. The van der Waals surface area contributed by atoms with Gasteiger partial charge in [-0.15, -0.1) is 0 Å². The molecule has 6 nitrogen and oxygen atoms in total. The normalized spacial score (nSPS) is 12.5. The highest BCUT2D eigenvalue weighted by atomic mass is 32.1. The number of allylic oxidation sites excluding steroid dienone is 2. The second kappa shape index (κ2) is 10.0. The fourth-order valence-corrected chi connectivity index (χ4v) is 2.39. The van der Waals surface area contributed by atoms with Crippen molar-refractivity contribution in [2.75, 3.05) is 26.2 Å². The van der Waals surface area contributed by atoms with E-state index in [1.807, 2.05) is 44.5 Å². The predicted octanol–water partition coefficient (Wildman–Crippen LogP) is 4.24. The van der Waals surface area contributed by atoms with E-state index in [0.29, 0.717) is 30.3 Å². The molecule has 0 aliphatic carbocycles. The summed E-state index contributed by atoms with van der Waals surface area (Å²) in [5, 5.41) is 8.19. The van der Waals surface area contributed by atoms with E-state index in [-0.39, 0.29) is 11.4 Å². The molecule has 0 unspecified atom stereocenters. The fraction of sp³-hybridized carbons (Fsp3) is 0.474. The lowest BCUT2D eigenvalue weighted by molar-refractivity contribution is -0.126. The van der Waals surface area contributed by atoms with Crippen molar-refractivity contribution in [2.24, 2.45) is 5.10 Å². The first kappa shape index (κ1) is 21.8. The molecule has 144 valence electrons. The largest absolute Gasteiger partial charge is 0.498 e. The summed E-state index contributed by atoms with van der Waals surface area (Å²) in [7, 11) is 3.32. The summed E-state index contributed by atoms with van der Waals surface area (Å²) < 4.78 is 10.6. The standard InChI is InChI=1S/C19H29N3O3S/c1-14(24-7)12-15(2)25-10-8-17(18(23)22(6)19(3,4)5)21-20-16-9-11-26-13-16/h9,11-13,20H,1,8,10H2,2-7H3/b15-12+,21-17+. The molecule has 7 heteroatoms. The zero-order valence-electron chi connectivity index (χ0n) is 16.5. The van der Waals surface area contributed by atoms with Gasteiger partial charge in [-0.3, -0.25) is 10.2 Å². The number of carbonyl (C=O) groups excluding carboxylic acids is 1. The average Bonchev–Trinajstić information content (AvgIpc) is 3.08. The molecule has 0 bridgehead atoms. The van der Waals surface area contributed by atoms with Crippen LogP contribution in [0.5, 0.6) is 0 Å². The Morgan fingerprint density at radius 1 is 1.46 bits per heavy atom. The van der Waals surface area contributed by atoms with Crippen LogP contribution in [0, 0.1) is 0 Å². The van der Waals surface area contributed by atoms with E-state index < -0.39 is 0 Å². The highest BCUT2D eigenvalue weighted by molar-refractivity contribution is 7.08. The zero-order chi connectivity index (χ0) is 19.7. The molecular weight excluding hydrogens is 350 g/mol. The third-order valence-corrected chi connectivity index (χ3v) is 4.38. The number of nitrogens with one attached hydrogen (secondary N) is 1. The van der Waals surface area contributed by atoms with E-state index in [9.17, 15) is 4.79 Å². The van der Waals surface area contributed by atoms with Gasteiger partial charge in [-0.2, -0.15) is 16.4 Å². The summed E-state index contributed by atoms with van der Waals surface area (Å²) in [6.07, 6.45) is 2.07. The minimum Gasteiger partial charge on any atom is -0.498 e. The van der Waals surface area contributed by atoms with E-state index in [0.717, 1.165) is 5.69 Å². The number of thiophene rings is 1. The molecule has 1 aromatic rings. The molecule has 1 aromatic heterocycles. The van der Waals surface area contributed by atoms with Crippen LogP contribution in [0.1, 0.15) is 34.1 Å². The van der Waals surface area contributed by atoms with Crippen molar-refractivity contribution in [2.45, 2.75) is 39.7 Å². The van der Waals surface area contributed by atoms with Gasteiger partial charge in [0.1, 0.15) is 11.5 Å². The van der Waals surface area contributed by atoms with Crippen molar-refractivity contribution >= 4 is 28.6 Å². The zero-order valence-corrected chi connectivity index (χ0v) is 17.3. The van der Waals surface area contributed by atoms with Crippen molar-refractivity contribution in [3.8, 4) is 0 Å². The van der Waals surface area contributed by atoms with Crippen LogP contribution in [0.4, 0.5) is 5.69 Å². The number of ether oxygens (including phenoxy) is 2. The van der Waals surface area contributed by atoms with E-state index in [2.05, 4.69) is 17.1 Å². The number of carbonyl (C=O) groups is 1. The van der Waals surface area contributed by atoms with Gasteiger partial charge in [-0.1, -0.05) is 6.58 Å². The highest BCUT2D eigenvalue weighted by Gasteiger charge is 2.26. The van der Waals surface area contributed by atoms with Crippen molar-refractivity contribution < 1.29 is 14.3 Å². The van der Waals surface area contributed by atoms with Crippen LogP contribution in [-0.4, -0.2) is 42.8 Å². The molecule has 0 fully saturated rings. The van der Waals surface area contributed by atoms with Crippen molar-refractivity contribution in [1.82, 2.24) is 4.90 Å². The first-order valence-corrected chi connectivity index (χ1v) is 9.26. The maximum absolute atomic E-state index is 12.8. The van der Waals surface area contributed by atoms with Gasteiger partial charge in [0.2, 0.25) is 0 Å². The minimum absolute atomic E-state index is 0.133. The van der Waals surface area contributed by atoms with Gasteiger partial charge in [0.25, 0.3) is 5.91 Å². The van der Waals surface area contributed by atoms with Crippen LogP contribution in [-0.2, 0) is 14.3 Å². The predicted molar refractivity (Wildman–Crippen MR) is 108 cm³/mol. The summed E-state index contributed by atoms with van der Waals surface area (Å²) in [5.41, 5.74) is 3.90. The molecule has 1 amide bonds. The maximum atomic E-state index is 12.8. The molecule has 0 saturated carbocycles. The summed E-state index contributed by atoms with van der Waals surface area (Å²) >= 11 is 1.56. The van der Waals surface area contributed by atoms with Gasteiger partial charge in [-0.05, 0) is 39.1 Å². The molecule has 1 N–H and O–H groups in total. The highest BCUT2D eigenvalue weighted by Crippen LogP contribution is 2.14. The number of methoxy groups -OCH3 is 1. The average molecular weight is 380 g/mol. The van der Waals surface area contributed by atoms with Gasteiger partial charge >= 0.3 is 0 Å². The Morgan fingerprint density at radius 2 is 2.15 bits per heavy atom. The smallest absolute Gasteiger partial charge is 0.270 e. The van der Waals surface area contributed by atoms with Crippen molar-refractivity contribution in [3.63, 3.8) is 0 Å². The lowest BCUT2D eigenvalue weighted by Crippen LogP contribution is -2.46. The molecule has 0 aliphatic heterocycles. The maximum Gasteiger partial charge on any atom is 0.270 e. The second-order valence-corrected chi connectivity index (χ2v) is 7.52. The Hall–Kier alpha value is -2.28. The summed E-state index contributed by atoms with van der Waals surface area (Å²) in [5.74, 6) is 1.05. The molecule has 0 spiro atoms. The molecule has 0 radical (unpaired) electrons. The van der Waals surface area contributed by atoms with Crippen LogP contribution in [0.25, 0.3) is 0 Å². The number of hydrazone groups is 1. The summed E-state index contributed by atoms with van der Waals surface area (Å²) in [6.45, 7) is 11.8. The van der Waals surface area contributed by atoms with E-state index in [1.54, 1.807) is 36.5 Å². The lowest BCUT2D eigenvalue weighted by Gasteiger charge is -2.32. The molecule has 26 heavy (non-hydrogen) atoms. The monoisotopic (exact) mass is 379 g/mol. The van der Waals surface area contributed by atoms with Crippen molar-refractivity contribution in [3.05, 3.63) is 41.0 Å². The number of hydrogen-bond donors (Lipinski definition) is 1. The number of nitrogens with zero attached hydrogens (tertiary/aromatic N) is 2. The topological polar surface area (TPSA) is 63.2 Å². The molecule has 0 aromatic carbocycles. The lowest BCUT2D eigenvalue weighted by atomic mass is 10.1. The number of amides is 1. The Bertz CT molecular complexity index is 658. The Morgan fingerprint density at radius 3 is 2.69 bits per heavy atom. The SMILES string of the molecule is C=C(/C=C(\C)OCC/C(=N\Nc1ccsc1)C(=O)N(C)C(C)(C)C)OC. The van der Waals surface area contributed by atoms with Crippen LogP contribution in [0.2, 0.25) is 0 Å². The van der Waals surface area contributed by atoms with Crippen molar-refractivity contribution in [1.29, 1.82) is 0 Å². The third-order valence-electron chi connectivity index (χ3n) is 3.69. The Labute approximate surface area is 160 Å². The third kappa shape index (κ3) is 7.31. The Kier molecular flexibility index (Phi) is 8.38. The molecule has 0 atom stereocenters. The van der Waals surface area contributed by atoms with Crippen LogP contribution >= 0.6 is 11.3 Å². The number of hydrogen-bond acceptors (Lipinski definition) is 6. The van der Waals surface area contributed by atoms with Gasteiger partial charge in [0, 0.05) is 30.5 Å². The molecular formula is C19H29N3O3S. The van der Waals surface area contributed by atoms with Crippen LogP contribution in [0.3, 0.4) is 0 Å². The first-order chi connectivity index (χ1) is 12.1. The second-order valence-electron chi connectivity index (χ2n) is 6.74. The molecule has 0 aliphatic rings. The van der Waals surface area contributed by atoms with Gasteiger partial charge < -0.3 is 14.4 Å². The number of rotatable bonds is 9. The number of anilines is 1. The van der Waals surface area contributed by atoms with Crippen LogP contribution in [0.15, 0.2) is 46.1 Å². The van der Waals surface area contributed by atoms with E-state index in [1.165, 1.54) is 0 Å². The van der Waals surface area contributed by atoms with Gasteiger partial charge in [0.15, 0.2) is 0 Å².